The number of nitrogens with zero attached hydrogens (tertiary/aromatic N) is 2. The summed E-state index contributed by atoms with van der Waals surface area (Å²) in [7, 11) is 0. The fraction of sp³-hybridized carbons (Fsp3) is 0.105. The van der Waals surface area contributed by atoms with E-state index in [1.165, 1.54) is 22.3 Å². The predicted molar refractivity (Wildman–Crippen MR) is 87.5 cm³/mol. The highest BCUT2D eigenvalue weighted by molar-refractivity contribution is 5.84. The largest absolute Gasteiger partial charge is 0.292 e. The minimum absolute atomic E-state index is 0.988. The first-order chi connectivity index (χ1) is 10.4. The quantitative estimate of drug-likeness (QED) is 0.516. The molecule has 0 fully saturated rings. The molecule has 0 unspecified atom stereocenters. The fourth-order valence-electron chi connectivity index (χ4n) is 2.92. The smallest absolute Gasteiger partial charge is 0.141 e. The van der Waals surface area contributed by atoms with E-state index in [9.17, 15) is 0 Å². The van der Waals surface area contributed by atoms with Crippen LogP contribution >= 0.6 is 0 Å². The van der Waals surface area contributed by atoms with Crippen molar-refractivity contribution in [3.63, 3.8) is 0 Å². The van der Waals surface area contributed by atoms with Crippen LogP contribution in [0.4, 0.5) is 0 Å². The van der Waals surface area contributed by atoms with Crippen molar-refractivity contribution >= 4 is 16.7 Å². The average molecular weight is 272 g/mol. The van der Waals surface area contributed by atoms with Crippen molar-refractivity contribution in [2.75, 3.05) is 0 Å². The van der Waals surface area contributed by atoms with Crippen molar-refractivity contribution < 1.29 is 0 Å². The van der Waals surface area contributed by atoms with Crippen LogP contribution < -0.4 is 0 Å². The summed E-state index contributed by atoms with van der Waals surface area (Å²) in [5.41, 5.74) is 6.98. The molecule has 0 spiro atoms. The molecule has 0 saturated carbocycles. The standard InChI is InChI=1S/C19H16N2/c1-2-14-12-13-17(15-8-4-3-5-9-15)21-18-11-7-6-10-16(18)20-19(14)21/h3-13H,2H2,1H3. The summed E-state index contributed by atoms with van der Waals surface area (Å²) in [6, 6.07) is 23.2. The number of rotatable bonds is 2. The molecule has 2 nitrogen and oxygen atoms in total. The molecule has 0 aliphatic rings. The average Bonchev–Trinajstić information content (AvgIpc) is 2.94. The van der Waals surface area contributed by atoms with Crippen LogP contribution in [-0.4, -0.2) is 9.38 Å². The van der Waals surface area contributed by atoms with E-state index >= 15 is 0 Å². The lowest BCUT2D eigenvalue weighted by atomic mass is 10.1. The number of aromatic nitrogens is 2. The molecule has 0 amide bonds. The zero-order chi connectivity index (χ0) is 14.2. The molecule has 0 aliphatic carbocycles. The Balaban J connectivity index is 2.17. The van der Waals surface area contributed by atoms with Gasteiger partial charge in [-0.1, -0.05) is 55.5 Å². The third kappa shape index (κ3) is 1.83. The normalized spacial score (nSPS) is 11.3. The molecule has 4 rings (SSSR count). The lowest BCUT2D eigenvalue weighted by Gasteiger charge is -2.09. The number of fused-ring (bicyclic) bond motifs is 3. The zero-order valence-corrected chi connectivity index (χ0v) is 12.0. The van der Waals surface area contributed by atoms with Gasteiger partial charge in [-0.2, -0.15) is 0 Å². The lowest BCUT2D eigenvalue weighted by molar-refractivity contribution is 1.10. The molecule has 0 aliphatic heterocycles. The first-order valence-electron chi connectivity index (χ1n) is 7.33. The molecule has 2 aromatic carbocycles. The maximum atomic E-state index is 4.84. The van der Waals surface area contributed by atoms with Gasteiger partial charge in [0.1, 0.15) is 5.65 Å². The van der Waals surface area contributed by atoms with Crippen LogP contribution in [0.15, 0.2) is 66.7 Å². The molecule has 2 aromatic heterocycles. The first kappa shape index (κ1) is 12.2. The molecule has 0 saturated heterocycles. The molecule has 0 N–H and O–H groups in total. The second-order valence-corrected chi connectivity index (χ2v) is 5.22. The van der Waals surface area contributed by atoms with Crippen molar-refractivity contribution in [1.29, 1.82) is 0 Å². The molecule has 2 heterocycles. The number of hydrogen-bond acceptors (Lipinski definition) is 1. The molecule has 0 atom stereocenters. The highest BCUT2D eigenvalue weighted by Gasteiger charge is 2.12. The van der Waals surface area contributed by atoms with Gasteiger partial charge in [0.15, 0.2) is 0 Å². The van der Waals surface area contributed by atoms with Gasteiger partial charge >= 0.3 is 0 Å². The topological polar surface area (TPSA) is 17.3 Å². The lowest BCUT2D eigenvalue weighted by Crippen LogP contribution is -1.95. The van der Waals surface area contributed by atoms with Gasteiger partial charge in [-0.05, 0) is 35.7 Å². The Morgan fingerprint density at radius 3 is 2.43 bits per heavy atom. The van der Waals surface area contributed by atoms with E-state index in [2.05, 4.69) is 65.9 Å². The van der Waals surface area contributed by atoms with Gasteiger partial charge in [-0.15, -0.1) is 0 Å². The molecular formula is C19H16N2. The van der Waals surface area contributed by atoms with Gasteiger partial charge in [0, 0.05) is 0 Å². The van der Waals surface area contributed by atoms with E-state index in [-0.39, 0.29) is 0 Å². The Kier molecular flexibility index (Phi) is 2.74. The highest BCUT2D eigenvalue weighted by Crippen LogP contribution is 2.27. The number of aryl methyl sites for hydroxylation is 1. The highest BCUT2D eigenvalue weighted by atomic mass is 15.0. The van der Waals surface area contributed by atoms with Crippen molar-refractivity contribution in [3.8, 4) is 11.3 Å². The maximum Gasteiger partial charge on any atom is 0.141 e. The summed E-state index contributed by atoms with van der Waals surface area (Å²) in [4.78, 5) is 4.84. The molecule has 0 radical (unpaired) electrons. The van der Waals surface area contributed by atoms with E-state index in [0.717, 1.165) is 17.6 Å². The summed E-state index contributed by atoms with van der Waals surface area (Å²) in [6.45, 7) is 2.18. The molecule has 0 bridgehead atoms. The molecular weight excluding hydrogens is 256 g/mol. The Labute approximate surface area is 123 Å². The fourth-order valence-corrected chi connectivity index (χ4v) is 2.92. The number of hydrogen-bond donors (Lipinski definition) is 0. The minimum atomic E-state index is 0.988. The van der Waals surface area contributed by atoms with E-state index < -0.39 is 0 Å². The van der Waals surface area contributed by atoms with E-state index in [1.807, 2.05) is 12.1 Å². The van der Waals surface area contributed by atoms with Crippen LogP contribution in [0.5, 0.6) is 0 Å². The van der Waals surface area contributed by atoms with Crippen molar-refractivity contribution in [2.24, 2.45) is 0 Å². The van der Waals surface area contributed by atoms with E-state index in [1.54, 1.807) is 0 Å². The van der Waals surface area contributed by atoms with Crippen molar-refractivity contribution in [2.45, 2.75) is 13.3 Å². The Hall–Kier alpha value is -2.61. The van der Waals surface area contributed by atoms with Crippen LogP contribution in [-0.2, 0) is 6.42 Å². The molecule has 21 heavy (non-hydrogen) atoms. The van der Waals surface area contributed by atoms with Crippen LogP contribution in [0.2, 0.25) is 0 Å². The van der Waals surface area contributed by atoms with Gasteiger partial charge in [0.05, 0.1) is 16.7 Å². The summed E-state index contributed by atoms with van der Waals surface area (Å²) in [5, 5.41) is 0. The van der Waals surface area contributed by atoms with Crippen LogP contribution in [0, 0.1) is 0 Å². The second-order valence-electron chi connectivity index (χ2n) is 5.22. The SMILES string of the molecule is CCc1ccc(-c2ccccc2)n2c1nc1ccccc12. The Morgan fingerprint density at radius 2 is 1.62 bits per heavy atom. The van der Waals surface area contributed by atoms with Gasteiger partial charge < -0.3 is 0 Å². The Morgan fingerprint density at radius 1 is 0.857 bits per heavy atom. The third-order valence-corrected chi connectivity index (χ3v) is 3.98. The summed E-state index contributed by atoms with van der Waals surface area (Å²) < 4.78 is 2.28. The summed E-state index contributed by atoms with van der Waals surface area (Å²) in [6.07, 6.45) is 0.988. The van der Waals surface area contributed by atoms with Crippen LogP contribution in [0.3, 0.4) is 0 Å². The van der Waals surface area contributed by atoms with E-state index in [0.29, 0.717) is 0 Å². The summed E-state index contributed by atoms with van der Waals surface area (Å²) >= 11 is 0. The minimum Gasteiger partial charge on any atom is -0.292 e. The monoisotopic (exact) mass is 272 g/mol. The predicted octanol–water partition coefficient (Wildman–Crippen LogP) is 4.72. The van der Waals surface area contributed by atoms with E-state index in [4.69, 9.17) is 4.98 Å². The zero-order valence-electron chi connectivity index (χ0n) is 12.0. The van der Waals surface area contributed by atoms with Gasteiger partial charge in [-0.3, -0.25) is 4.40 Å². The van der Waals surface area contributed by atoms with Crippen molar-refractivity contribution in [1.82, 2.24) is 9.38 Å². The summed E-state index contributed by atoms with van der Waals surface area (Å²) in [5.74, 6) is 0. The van der Waals surface area contributed by atoms with Gasteiger partial charge in [-0.25, -0.2) is 4.98 Å². The third-order valence-electron chi connectivity index (χ3n) is 3.98. The number of imidazole rings is 1. The molecule has 4 aromatic rings. The number of pyridine rings is 1. The maximum absolute atomic E-state index is 4.84. The van der Waals surface area contributed by atoms with Crippen LogP contribution in [0.25, 0.3) is 27.9 Å². The second kappa shape index (κ2) is 4.74. The molecule has 2 heteroatoms. The number of benzene rings is 2. The van der Waals surface area contributed by atoms with Crippen molar-refractivity contribution in [3.05, 3.63) is 72.3 Å². The number of para-hydroxylation sites is 2. The molecule has 102 valence electrons. The first-order valence-corrected chi connectivity index (χ1v) is 7.33. The van der Waals surface area contributed by atoms with Gasteiger partial charge in [0.2, 0.25) is 0 Å². The Bertz CT molecular complexity index is 920. The van der Waals surface area contributed by atoms with Crippen LogP contribution in [0.1, 0.15) is 12.5 Å². The van der Waals surface area contributed by atoms with Gasteiger partial charge in [0.25, 0.3) is 0 Å².